The van der Waals surface area contributed by atoms with E-state index in [1.165, 1.54) is 6.26 Å². The van der Waals surface area contributed by atoms with E-state index >= 15 is 0 Å². The maximum absolute atomic E-state index is 11.6. The van der Waals surface area contributed by atoms with Crippen molar-refractivity contribution in [2.24, 2.45) is 0 Å². The van der Waals surface area contributed by atoms with E-state index < -0.39 is 9.84 Å². The Balaban J connectivity index is 2.45. The molecule has 0 radical (unpaired) electrons. The molecule has 1 aromatic carbocycles. The molecule has 1 aromatic rings. The molecule has 1 fully saturated rings. The van der Waals surface area contributed by atoms with Crippen LogP contribution >= 0.6 is 0 Å². The van der Waals surface area contributed by atoms with Crippen molar-refractivity contribution in [1.82, 2.24) is 5.32 Å². The molecule has 1 N–H and O–H groups in total. The van der Waals surface area contributed by atoms with Crippen molar-refractivity contribution < 1.29 is 13.2 Å². The summed E-state index contributed by atoms with van der Waals surface area (Å²) in [5.74, 6) is -0.0493. The van der Waals surface area contributed by atoms with Gasteiger partial charge in [-0.2, -0.15) is 0 Å². The summed E-state index contributed by atoms with van der Waals surface area (Å²) in [7, 11) is -3.23. The second-order valence-corrected chi connectivity index (χ2v) is 6.00. The Morgan fingerprint density at radius 1 is 1.31 bits per heavy atom. The third-order valence-corrected chi connectivity index (χ3v) is 3.91. The van der Waals surface area contributed by atoms with Crippen molar-refractivity contribution in [2.45, 2.75) is 17.2 Å². The van der Waals surface area contributed by atoms with Crippen LogP contribution in [0.5, 0.6) is 0 Å². The maximum Gasteiger partial charge on any atom is 0.220 e. The van der Waals surface area contributed by atoms with Crippen LogP contribution in [0.4, 0.5) is 0 Å². The molecule has 1 aliphatic heterocycles. The van der Waals surface area contributed by atoms with Gasteiger partial charge in [0.05, 0.1) is 4.90 Å². The summed E-state index contributed by atoms with van der Waals surface area (Å²) in [6.45, 7) is 0.519. The summed E-state index contributed by atoms with van der Waals surface area (Å²) in [5, 5.41) is 2.71. The maximum atomic E-state index is 11.6. The van der Waals surface area contributed by atoms with Crippen LogP contribution in [0, 0.1) is 0 Å². The lowest BCUT2D eigenvalue weighted by atomic mass is 9.98. The molecular weight excluding hydrogens is 226 g/mol. The minimum absolute atomic E-state index is 0.0201. The summed E-state index contributed by atoms with van der Waals surface area (Å²) in [6.07, 6.45) is 1.56. The zero-order valence-electron chi connectivity index (χ0n) is 8.93. The van der Waals surface area contributed by atoms with Gasteiger partial charge in [-0.05, 0) is 11.6 Å². The lowest BCUT2D eigenvalue weighted by Crippen LogP contribution is -2.14. The Kier molecular flexibility index (Phi) is 2.71. The van der Waals surface area contributed by atoms with E-state index in [0.29, 0.717) is 17.9 Å². The van der Waals surface area contributed by atoms with Crippen molar-refractivity contribution >= 4 is 15.7 Å². The minimum atomic E-state index is -3.23. The molecule has 2 rings (SSSR count). The first-order valence-corrected chi connectivity index (χ1v) is 6.93. The average molecular weight is 239 g/mol. The van der Waals surface area contributed by atoms with Crippen LogP contribution in [0.2, 0.25) is 0 Å². The van der Waals surface area contributed by atoms with Crippen molar-refractivity contribution in [3.05, 3.63) is 29.8 Å². The first kappa shape index (κ1) is 11.1. The van der Waals surface area contributed by atoms with Crippen LogP contribution in [0.15, 0.2) is 29.2 Å². The van der Waals surface area contributed by atoms with Crippen molar-refractivity contribution in [2.75, 3.05) is 12.8 Å². The number of benzene rings is 1. The highest BCUT2D eigenvalue weighted by molar-refractivity contribution is 7.90. The van der Waals surface area contributed by atoms with E-state index in [4.69, 9.17) is 0 Å². The van der Waals surface area contributed by atoms with E-state index in [1.54, 1.807) is 24.3 Å². The molecule has 0 aromatic heterocycles. The van der Waals surface area contributed by atoms with Crippen molar-refractivity contribution in [3.63, 3.8) is 0 Å². The Labute approximate surface area is 94.6 Å². The summed E-state index contributed by atoms with van der Waals surface area (Å²) >= 11 is 0. The third kappa shape index (κ3) is 2.09. The van der Waals surface area contributed by atoms with Gasteiger partial charge in [-0.1, -0.05) is 18.2 Å². The van der Waals surface area contributed by atoms with Crippen LogP contribution in [0.1, 0.15) is 17.9 Å². The Hall–Kier alpha value is -1.36. The number of carbonyl (C=O) groups excluding carboxylic acids is 1. The largest absolute Gasteiger partial charge is 0.355 e. The third-order valence-electron chi connectivity index (χ3n) is 2.74. The fraction of sp³-hybridized carbons (Fsp3) is 0.364. The fourth-order valence-electron chi connectivity index (χ4n) is 1.98. The van der Waals surface area contributed by atoms with Gasteiger partial charge in [-0.3, -0.25) is 4.79 Å². The highest BCUT2D eigenvalue weighted by Crippen LogP contribution is 2.28. The molecule has 1 saturated heterocycles. The molecule has 86 valence electrons. The molecule has 1 aliphatic rings. The number of hydrogen-bond acceptors (Lipinski definition) is 3. The molecule has 0 saturated carbocycles. The Bertz CT molecular complexity index is 522. The number of sulfone groups is 1. The van der Waals surface area contributed by atoms with Crippen LogP contribution < -0.4 is 5.32 Å². The van der Waals surface area contributed by atoms with E-state index in [1.807, 2.05) is 0 Å². The van der Waals surface area contributed by atoms with Gasteiger partial charge in [-0.25, -0.2) is 8.42 Å². The van der Waals surface area contributed by atoms with Crippen LogP contribution in [0.3, 0.4) is 0 Å². The molecule has 1 unspecified atom stereocenters. The predicted molar refractivity (Wildman–Crippen MR) is 59.9 cm³/mol. The molecule has 4 nitrogen and oxygen atoms in total. The first-order chi connectivity index (χ1) is 7.48. The topological polar surface area (TPSA) is 63.2 Å². The molecule has 1 amide bonds. The molecular formula is C11H13NO3S. The summed E-state index contributed by atoms with van der Waals surface area (Å²) in [5.41, 5.74) is 0.739. The SMILES string of the molecule is CS(=O)(=O)c1ccccc1C1CNC(=O)C1. The van der Waals surface area contributed by atoms with Gasteiger partial charge in [0, 0.05) is 25.1 Å². The van der Waals surface area contributed by atoms with Gasteiger partial charge < -0.3 is 5.32 Å². The van der Waals surface area contributed by atoms with E-state index in [9.17, 15) is 13.2 Å². The van der Waals surface area contributed by atoms with Crippen LogP contribution in [-0.2, 0) is 14.6 Å². The average Bonchev–Trinajstić information content (AvgIpc) is 2.64. The first-order valence-electron chi connectivity index (χ1n) is 5.04. The van der Waals surface area contributed by atoms with E-state index in [-0.39, 0.29) is 11.8 Å². The second kappa shape index (κ2) is 3.90. The standard InChI is InChI=1S/C11H13NO3S/c1-16(14,15)10-5-3-2-4-9(10)8-6-11(13)12-7-8/h2-5,8H,6-7H2,1H3,(H,12,13). The predicted octanol–water partition coefficient (Wildman–Crippen LogP) is 0.694. The highest BCUT2D eigenvalue weighted by atomic mass is 32.2. The monoisotopic (exact) mass is 239 g/mol. The molecule has 1 atom stereocenters. The van der Waals surface area contributed by atoms with Crippen molar-refractivity contribution in [1.29, 1.82) is 0 Å². The summed E-state index contributed by atoms with van der Waals surface area (Å²) < 4.78 is 23.2. The Morgan fingerprint density at radius 3 is 2.56 bits per heavy atom. The van der Waals surface area contributed by atoms with E-state index in [2.05, 4.69) is 5.32 Å². The van der Waals surface area contributed by atoms with Crippen molar-refractivity contribution in [3.8, 4) is 0 Å². The van der Waals surface area contributed by atoms with Crippen LogP contribution in [-0.4, -0.2) is 27.1 Å². The number of hydrogen-bond donors (Lipinski definition) is 1. The molecule has 1 heterocycles. The molecule has 5 heteroatoms. The molecule has 0 aliphatic carbocycles. The van der Waals surface area contributed by atoms with Crippen LogP contribution in [0.25, 0.3) is 0 Å². The quantitative estimate of drug-likeness (QED) is 0.826. The van der Waals surface area contributed by atoms with E-state index in [0.717, 1.165) is 5.56 Å². The Morgan fingerprint density at radius 2 is 2.00 bits per heavy atom. The van der Waals surface area contributed by atoms with Gasteiger partial charge in [-0.15, -0.1) is 0 Å². The lowest BCUT2D eigenvalue weighted by molar-refractivity contribution is -0.119. The lowest BCUT2D eigenvalue weighted by Gasteiger charge is -2.12. The number of carbonyl (C=O) groups is 1. The summed E-state index contributed by atoms with van der Waals surface area (Å²) in [6, 6.07) is 6.87. The second-order valence-electron chi connectivity index (χ2n) is 4.02. The molecule has 16 heavy (non-hydrogen) atoms. The van der Waals surface area contributed by atoms with Gasteiger partial charge in [0.1, 0.15) is 0 Å². The van der Waals surface area contributed by atoms with Gasteiger partial charge >= 0.3 is 0 Å². The molecule has 0 bridgehead atoms. The van der Waals surface area contributed by atoms with Gasteiger partial charge in [0.15, 0.2) is 9.84 Å². The minimum Gasteiger partial charge on any atom is -0.355 e. The molecule has 0 spiro atoms. The number of rotatable bonds is 2. The normalized spacial score (nSPS) is 20.8. The fourth-order valence-corrected chi connectivity index (χ4v) is 2.97. The van der Waals surface area contributed by atoms with Gasteiger partial charge in [0.2, 0.25) is 5.91 Å². The number of amides is 1. The zero-order chi connectivity index (χ0) is 11.8. The van der Waals surface area contributed by atoms with Gasteiger partial charge in [0.25, 0.3) is 0 Å². The zero-order valence-corrected chi connectivity index (χ0v) is 9.75. The smallest absolute Gasteiger partial charge is 0.220 e. The number of nitrogens with one attached hydrogen (secondary N) is 1. The summed E-state index contributed by atoms with van der Waals surface area (Å²) in [4.78, 5) is 11.5. The highest BCUT2D eigenvalue weighted by Gasteiger charge is 2.27.